The van der Waals surface area contributed by atoms with Gasteiger partial charge in [0.1, 0.15) is 0 Å². The van der Waals surface area contributed by atoms with Crippen molar-refractivity contribution < 1.29 is 9.53 Å². The van der Waals surface area contributed by atoms with E-state index in [-0.39, 0.29) is 6.03 Å². The summed E-state index contributed by atoms with van der Waals surface area (Å²) in [6, 6.07) is 0.0706. The van der Waals surface area contributed by atoms with Crippen molar-refractivity contribution in [3.8, 4) is 0 Å². The van der Waals surface area contributed by atoms with E-state index >= 15 is 0 Å². The van der Waals surface area contributed by atoms with Crippen LogP contribution < -0.4 is 5.32 Å². The predicted molar refractivity (Wildman–Crippen MR) is 73.6 cm³/mol. The molecule has 2 amide bonds. The minimum atomic E-state index is 0.0706. The summed E-state index contributed by atoms with van der Waals surface area (Å²) in [5.41, 5.74) is 0. The Morgan fingerprint density at radius 3 is 2.94 bits per heavy atom. The molecule has 0 radical (unpaired) electrons. The van der Waals surface area contributed by atoms with Crippen LogP contribution in [-0.4, -0.2) is 43.8 Å². The molecule has 1 heterocycles. The van der Waals surface area contributed by atoms with Gasteiger partial charge in [-0.05, 0) is 24.7 Å². The lowest BCUT2D eigenvalue weighted by Crippen LogP contribution is -2.46. The van der Waals surface area contributed by atoms with Crippen LogP contribution in [0.2, 0.25) is 0 Å². The maximum absolute atomic E-state index is 11.9. The Hall–Kier alpha value is -0.770. The SMILES string of the molecule is CCC1CCCN(C(=O)NCCOCC(C)C)C1. The van der Waals surface area contributed by atoms with Crippen LogP contribution in [0, 0.1) is 11.8 Å². The zero-order valence-electron chi connectivity index (χ0n) is 12.1. The summed E-state index contributed by atoms with van der Waals surface area (Å²) in [6.07, 6.45) is 3.56. The molecule has 0 aromatic carbocycles. The Bertz CT molecular complexity index is 244. The Morgan fingerprint density at radius 2 is 2.28 bits per heavy atom. The Kier molecular flexibility index (Phi) is 7.09. The molecule has 1 fully saturated rings. The molecule has 0 aromatic rings. The topological polar surface area (TPSA) is 41.6 Å². The van der Waals surface area contributed by atoms with E-state index in [0.717, 1.165) is 26.1 Å². The first kappa shape index (κ1) is 15.3. The molecule has 1 N–H and O–H groups in total. The van der Waals surface area contributed by atoms with Crippen molar-refractivity contribution in [2.45, 2.75) is 40.0 Å². The van der Waals surface area contributed by atoms with E-state index in [1.807, 2.05) is 4.90 Å². The van der Waals surface area contributed by atoms with Gasteiger partial charge in [0.15, 0.2) is 0 Å². The molecule has 1 unspecified atom stereocenters. The van der Waals surface area contributed by atoms with Crippen molar-refractivity contribution in [1.29, 1.82) is 0 Å². The van der Waals surface area contributed by atoms with Gasteiger partial charge in [-0.1, -0.05) is 27.2 Å². The van der Waals surface area contributed by atoms with E-state index in [4.69, 9.17) is 4.74 Å². The van der Waals surface area contributed by atoms with Crippen LogP contribution >= 0.6 is 0 Å². The van der Waals surface area contributed by atoms with Crippen LogP contribution in [0.4, 0.5) is 4.79 Å². The fourth-order valence-electron chi connectivity index (χ4n) is 2.24. The highest BCUT2D eigenvalue weighted by Crippen LogP contribution is 2.18. The molecule has 1 saturated heterocycles. The second kappa shape index (κ2) is 8.35. The third-order valence-electron chi connectivity index (χ3n) is 3.36. The van der Waals surface area contributed by atoms with Crippen molar-refractivity contribution >= 4 is 6.03 Å². The minimum absolute atomic E-state index is 0.0706. The number of amides is 2. The first-order valence-electron chi connectivity index (χ1n) is 7.24. The van der Waals surface area contributed by atoms with Gasteiger partial charge in [0.25, 0.3) is 0 Å². The third-order valence-corrected chi connectivity index (χ3v) is 3.36. The number of nitrogens with one attached hydrogen (secondary N) is 1. The van der Waals surface area contributed by atoms with E-state index in [2.05, 4.69) is 26.1 Å². The number of hydrogen-bond donors (Lipinski definition) is 1. The van der Waals surface area contributed by atoms with E-state index in [0.29, 0.717) is 25.0 Å². The maximum Gasteiger partial charge on any atom is 0.317 e. The zero-order chi connectivity index (χ0) is 13.4. The van der Waals surface area contributed by atoms with Gasteiger partial charge in [-0.3, -0.25) is 0 Å². The molecule has 1 atom stereocenters. The fourth-order valence-corrected chi connectivity index (χ4v) is 2.24. The molecule has 0 bridgehead atoms. The highest BCUT2D eigenvalue weighted by molar-refractivity contribution is 5.74. The van der Waals surface area contributed by atoms with E-state index < -0.39 is 0 Å². The van der Waals surface area contributed by atoms with Crippen molar-refractivity contribution in [3.05, 3.63) is 0 Å². The lowest BCUT2D eigenvalue weighted by Gasteiger charge is -2.32. The van der Waals surface area contributed by atoms with Gasteiger partial charge in [-0.2, -0.15) is 0 Å². The second-order valence-corrected chi connectivity index (χ2v) is 5.56. The van der Waals surface area contributed by atoms with Crippen LogP contribution in [-0.2, 0) is 4.74 Å². The van der Waals surface area contributed by atoms with Crippen molar-refractivity contribution in [2.24, 2.45) is 11.8 Å². The van der Waals surface area contributed by atoms with Gasteiger partial charge >= 0.3 is 6.03 Å². The lowest BCUT2D eigenvalue weighted by atomic mass is 9.96. The summed E-state index contributed by atoms with van der Waals surface area (Å²) in [6.45, 7) is 10.2. The normalized spacial score (nSPS) is 20.2. The number of ether oxygens (including phenoxy) is 1. The number of rotatable bonds is 6. The molecule has 1 rings (SSSR count). The molecule has 4 heteroatoms. The molecule has 1 aliphatic rings. The molecule has 1 aliphatic heterocycles. The molecule has 0 spiro atoms. The molecule has 0 saturated carbocycles. The summed E-state index contributed by atoms with van der Waals surface area (Å²) in [5, 5.41) is 2.93. The highest BCUT2D eigenvalue weighted by atomic mass is 16.5. The fraction of sp³-hybridized carbons (Fsp3) is 0.929. The van der Waals surface area contributed by atoms with Gasteiger partial charge in [0.05, 0.1) is 6.61 Å². The number of likely N-dealkylation sites (tertiary alicyclic amines) is 1. The minimum Gasteiger partial charge on any atom is -0.379 e. The second-order valence-electron chi connectivity index (χ2n) is 5.56. The zero-order valence-corrected chi connectivity index (χ0v) is 12.1. The van der Waals surface area contributed by atoms with Crippen LogP contribution in [0.1, 0.15) is 40.0 Å². The third kappa shape index (κ3) is 5.71. The highest BCUT2D eigenvalue weighted by Gasteiger charge is 2.21. The van der Waals surface area contributed by atoms with E-state index in [1.165, 1.54) is 12.8 Å². The van der Waals surface area contributed by atoms with Crippen LogP contribution in [0.5, 0.6) is 0 Å². The Morgan fingerprint density at radius 1 is 1.50 bits per heavy atom. The van der Waals surface area contributed by atoms with Crippen LogP contribution in [0.15, 0.2) is 0 Å². The molecule has 18 heavy (non-hydrogen) atoms. The van der Waals surface area contributed by atoms with Crippen molar-refractivity contribution in [3.63, 3.8) is 0 Å². The predicted octanol–water partition coefficient (Wildman–Crippen LogP) is 2.49. The monoisotopic (exact) mass is 256 g/mol. The standard InChI is InChI=1S/C14H28N2O2/c1-4-13-6-5-8-16(10-13)14(17)15-7-9-18-11-12(2)3/h12-13H,4-11H2,1-3H3,(H,15,17). The smallest absolute Gasteiger partial charge is 0.317 e. The molecule has 0 aromatic heterocycles. The van der Waals surface area contributed by atoms with Gasteiger partial charge in [-0.15, -0.1) is 0 Å². The number of hydrogen-bond acceptors (Lipinski definition) is 2. The molecule has 4 nitrogen and oxygen atoms in total. The van der Waals surface area contributed by atoms with Gasteiger partial charge in [0, 0.05) is 26.2 Å². The average Bonchev–Trinajstić information content (AvgIpc) is 2.37. The summed E-state index contributed by atoms with van der Waals surface area (Å²) >= 11 is 0. The largest absolute Gasteiger partial charge is 0.379 e. The van der Waals surface area contributed by atoms with Crippen LogP contribution in [0.25, 0.3) is 0 Å². The summed E-state index contributed by atoms with van der Waals surface area (Å²) in [4.78, 5) is 13.9. The van der Waals surface area contributed by atoms with Crippen molar-refractivity contribution in [2.75, 3.05) is 32.8 Å². The maximum atomic E-state index is 11.9. The average molecular weight is 256 g/mol. The quantitative estimate of drug-likeness (QED) is 0.742. The van der Waals surface area contributed by atoms with Crippen LogP contribution in [0.3, 0.4) is 0 Å². The molecular weight excluding hydrogens is 228 g/mol. The van der Waals surface area contributed by atoms with E-state index in [9.17, 15) is 4.79 Å². The first-order chi connectivity index (χ1) is 8.63. The van der Waals surface area contributed by atoms with Gasteiger partial charge in [-0.25, -0.2) is 4.79 Å². The van der Waals surface area contributed by atoms with Gasteiger partial charge in [0.2, 0.25) is 0 Å². The first-order valence-corrected chi connectivity index (χ1v) is 7.24. The number of piperidine rings is 1. The number of nitrogens with zero attached hydrogens (tertiary/aromatic N) is 1. The number of urea groups is 1. The Labute approximate surface area is 111 Å². The molecule has 0 aliphatic carbocycles. The molecular formula is C14H28N2O2. The Balaban J connectivity index is 2.12. The summed E-state index contributed by atoms with van der Waals surface area (Å²) in [7, 11) is 0. The summed E-state index contributed by atoms with van der Waals surface area (Å²) in [5.74, 6) is 1.23. The van der Waals surface area contributed by atoms with Gasteiger partial charge < -0.3 is 15.0 Å². The van der Waals surface area contributed by atoms with Crippen molar-refractivity contribution in [1.82, 2.24) is 10.2 Å². The lowest BCUT2D eigenvalue weighted by molar-refractivity contribution is 0.109. The van der Waals surface area contributed by atoms with E-state index in [1.54, 1.807) is 0 Å². The number of carbonyl (C=O) groups excluding carboxylic acids is 1. The number of carbonyl (C=O) groups is 1. The summed E-state index contributed by atoms with van der Waals surface area (Å²) < 4.78 is 5.44. The molecule has 106 valence electrons.